The highest BCUT2D eigenvalue weighted by atomic mass is 16.5. The van der Waals surface area contributed by atoms with Gasteiger partial charge in [0, 0.05) is 24.5 Å². The maximum absolute atomic E-state index is 13.3. The highest BCUT2D eigenvalue weighted by molar-refractivity contribution is 6.45. The second kappa shape index (κ2) is 17.8. The summed E-state index contributed by atoms with van der Waals surface area (Å²) >= 11 is 0. The lowest BCUT2D eigenvalue weighted by atomic mass is 9.92. The molecule has 258 valence electrons. The van der Waals surface area contributed by atoms with Gasteiger partial charge in [0.15, 0.2) is 11.5 Å². The summed E-state index contributed by atoms with van der Waals surface area (Å²) in [5.41, 5.74) is 14.0. The molecule has 0 radical (unpaired) electrons. The van der Waals surface area contributed by atoms with Crippen LogP contribution in [-0.4, -0.2) is 48.9 Å². The van der Waals surface area contributed by atoms with Crippen molar-refractivity contribution < 1.29 is 24.2 Å². The molecular weight excluding hydrogens is 616 g/mol. The molecular formula is C40H48N4O5. The molecule has 0 spiro atoms. The van der Waals surface area contributed by atoms with Gasteiger partial charge < -0.3 is 30.5 Å². The monoisotopic (exact) mass is 664 g/mol. The predicted octanol–water partition coefficient (Wildman–Crippen LogP) is 6.53. The number of piperidine rings is 1. The van der Waals surface area contributed by atoms with E-state index in [2.05, 4.69) is 58.7 Å². The number of carbonyl (C=O) groups is 2. The molecule has 1 aliphatic heterocycles. The van der Waals surface area contributed by atoms with Crippen LogP contribution in [-0.2, 0) is 32.3 Å². The van der Waals surface area contributed by atoms with Crippen LogP contribution >= 0.6 is 0 Å². The van der Waals surface area contributed by atoms with Gasteiger partial charge in [-0.15, -0.1) is 0 Å². The summed E-state index contributed by atoms with van der Waals surface area (Å²) in [6, 6.07) is 24.2. The molecule has 0 aliphatic carbocycles. The third kappa shape index (κ3) is 10.4. The van der Waals surface area contributed by atoms with Crippen LogP contribution in [0.5, 0.6) is 0 Å². The van der Waals surface area contributed by atoms with E-state index in [0.717, 1.165) is 65.0 Å². The number of aliphatic hydroxyl groups excluding tert-OH is 1. The topological polar surface area (TPSA) is 126 Å². The molecule has 1 aliphatic rings. The van der Waals surface area contributed by atoms with E-state index in [9.17, 15) is 14.7 Å². The van der Waals surface area contributed by atoms with E-state index in [1.807, 2.05) is 49.4 Å². The number of hydrogen-bond donors (Lipinski definition) is 3. The zero-order valence-electron chi connectivity index (χ0n) is 28.8. The van der Waals surface area contributed by atoms with Crippen LogP contribution in [0.3, 0.4) is 0 Å². The van der Waals surface area contributed by atoms with Gasteiger partial charge in [-0.2, -0.15) is 0 Å². The lowest BCUT2D eigenvalue weighted by Crippen LogP contribution is -2.37. The molecule has 0 unspecified atom stereocenters. The van der Waals surface area contributed by atoms with Crippen molar-refractivity contribution in [3.63, 3.8) is 0 Å². The lowest BCUT2D eigenvalue weighted by Gasteiger charge is -2.33. The second-order valence-electron chi connectivity index (χ2n) is 12.3. The summed E-state index contributed by atoms with van der Waals surface area (Å²) in [7, 11) is 0. The number of nitrogens with zero attached hydrogens (tertiary/aromatic N) is 2. The maximum Gasteiger partial charge on any atom is 0.325 e. The van der Waals surface area contributed by atoms with Crippen LogP contribution in [0.15, 0.2) is 108 Å². The Morgan fingerprint density at radius 2 is 1.65 bits per heavy atom. The Bertz CT molecular complexity index is 1680. The molecule has 1 fully saturated rings. The van der Waals surface area contributed by atoms with Crippen molar-refractivity contribution in [3.8, 4) is 11.1 Å². The van der Waals surface area contributed by atoms with Crippen molar-refractivity contribution in [3.05, 3.63) is 120 Å². The number of carbonyl (C=O) groups excluding carboxylic acids is 2. The summed E-state index contributed by atoms with van der Waals surface area (Å²) in [4.78, 5) is 32.3. The fourth-order valence-corrected chi connectivity index (χ4v) is 5.84. The second-order valence-corrected chi connectivity index (χ2v) is 12.3. The third-order valence-corrected chi connectivity index (χ3v) is 8.43. The molecule has 0 atom stereocenters. The van der Waals surface area contributed by atoms with E-state index in [0.29, 0.717) is 18.0 Å². The van der Waals surface area contributed by atoms with Crippen LogP contribution in [0.25, 0.3) is 16.7 Å². The Morgan fingerprint density at radius 3 is 2.27 bits per heavy atom. The third-order valence-electron chi connectivity index (χ3n) is 8.43. The van der Waals surface area contributed by atoms with Crippen molar-refractivity contribution >= 4 is 28.8 Å². The number of allylic oxidation sites excluding steroid dienone is 3. The quantitative estimate of drug-likeness (QED) is 0.0959. The van der Waals surface area contributed by atoms with Gasteiger partial charge in [0.25, 0.3) is 5.91 Å². The van der Waals surface area contributed by atoms with E-state index in [4.69, 9.17) is 15.2 Å². The summed E-state index contributed by atoms with van der Waals surface area (Å²) in [6.07, 6.45) is 2.48. The number of aliphatic hydroxyl groups is 1. The molecule has 4 rings (SSSR count). The standard InChI is InChI=1S/C40H48N4O5/c1-6-48-37(46)24-42-40(47)38(39(29(5)41)49-26-31-10-8-7-9-11-31)43-28(4)22-30-18-20-44(21-19-30)35-16-14-32(15-17-35)33-12-13-34(25-45)36(23-33)27(2)3/h7-17,23,30,45H,2,4,6,18-22,24-26,41H2,1,3,5H3,(H,42,47)/b39-29+,43-38+. The lowest BCUT2D eigenvalue weighted by molar-refractivity contribution is -0.142. The Labute approximate surface area is 289 Å². The highest BCUT2D eigenvalue weighted by Gasteiger charge is 2.24. The first-order valence-corrected chi connectivity index (χ1v) is 16.7. The van der Waals surface area contributed by atoms with Crippen molar-refractivity contribution in [1.29, 1.82) is 0 Å². The van der Waals surface area contributed by atoms with Crippen LogP contribution in [0, 0.1) is 5.92 Å². The average molecular weight is 665 g/mol. The first kappa shape index (κ1) is 36.7. The molecule has 3 aromatic carbocycles. The van der Waals surface area contributed by atoms with Crippen molar-refractivity contribution in [2.24, 2.45) is 16.6 Å². The largest absolute Gasteiger partial charge is 0.485 e. The summed E-state index contributed by atoms with van der Waals surface area (Å²) < 4.78 is 11.0. The number of hydrogen-bond acceptors (Lipinski definition) is 8. The fourth-order valence-electron chi connectivity index (χ4n) is 5.84. The number of anilines is 1. The van der Waals surface area contributed by atoms with Gasteiger partial charge in [0.1, 0.15) is 13.2 Å². The van der Waals surface area contributed by atoms with Crippen LogP contribution in [0.4, 0.5) is 5.69 Å². The molecule has 1 heterocycles. The Balaban J connectivity index is 1.41. The van der Waals surface area contributed by atoms with E-state index in [1.54, 1.807) is 13.8 Å². The highest BCUT2D eigenvalue weighted by Crippen LogP contribution is 2.31. The van der Waals surface area contributed by atoms with E-state index >= 15 is 0 Å². The molecule has 9 nitrogen and oxygen atoms in total. The van der Waals surface area contributed by atoms with Crippen LogP contribution < -0.4 is 16.0 Å². The van der Waals surface area contributed by atoms with E-state index < -0.39 is 11.9 Å². The van der Waals surface area contributed by atoms with Gasteiger partial charge in [-0.05, 0) is 92.0 Å². The normalized spacial score (nSPS) is 14.1. The number of esters is 1. The molecule has 9 heteroatoms. The maximum atomic E-state index is 13.3. The Kier molecular flexibility index (Phi) is 13.4. The van der Waals surface area contributed by atoms with Gasteiger partial charge in [-0.25, -0.2) is 4.99 Å². The smallest absolute Gasteiger partial charge is 0.325 e. The average Bonchev–Trinajstić information content (AvgIpc) is 3.10. The minimum atomic E-state index is -0.597. The van der Waals surface area contributed by atoms with Gasteiger partial charge >= 0.3 is 5.97 Å². The minimum Gasteiger partial charge on any atom is -0.485 e. The molecule has 3 aromatic rings. The summed E-state index contributed by atoms with van der Waals surface area (Å²) in [5.74, 6) is -0.674. The zero-order chi connectivity index (χ0) is 35.3. The van der Waals surface area contributed by atoms with Crippen LogP contribution in [0.2, 0.25) is 0 Å². The summed E-state index contributed by atoms with van der Waals surface area (Å²) in [6.45, 7) is 15.4. The van der Waals surface area contributed by atoms with Gasteiger partial charge in [0.2, 0.25) is 0 Å². The predicted molar refractivity (Wildman–Crippen MR) is 196 cm³/mol. The molecule has 0 saturated carbocycles. The number of amides is 1. The first-order chi connectivity index (χ1) is 23.6. The van der Waals surface area contributed by atoms with E-state index in [1.165, 1.54) is 0 Å². The Hall–Kier alpha value is -5.15. The first-order valence-electron chi connectivity index (χ1n) is 16.7. The SMILES string of the molecule is C=C(CC1CCN(c2ccc(-c3ccc(CO)c(C(=C)C)c3)cc2)CC1)/N=C(C(=O)NCC(=O)OCC)\C(OCc1ccccc1)=C(\C)N. The molecule has 1 saturated heterocycles. The number of aliphatic imine (C=N–C) groups is 1. The van der Waals surface area contributed by atoms with Gasteiger partial charge in [-0.1, -0.05) is 73.3 Å². The van der Waals surface area contributed by atoms with Gasteiger partial charge in [0.05, 0.1) is 18.9 Å². The van der Waals surface area contributed by atoms with E-state index in [-0.39, 0.29) is 43.5 Å². The molecule has 1 amide bonds. The number of benzene rings is 3. The molecule has 0 aromatic heterocycles. The van der Waals surface area contributed by atoms with Crippen molar-refractivity contribution in [2.75, 3.05) is 31.1 Å². The number of nitrogens with one attached hydrogen (secondary N) is 1. The number of rotatable bonds is 15. The van der Waals surface area contributed by atoms with Gasteiger partial charge in [-0.3, -0.25) is 9.59 Å². The fraction of sp³-hybridized carbons (Fsp3) is 0.325. The molecule has 0 bridgehead atoms. The minimum absolute atomic E-state index is 0.0146. The van der Waals surface area contributed by atoms with Crippen molar-refractivity contribution in [1.82, 2.24) is 5.32 Å². The molecule has 49 heavy (non-hydrogen) atoms. The van der Waals surface area contributed by atoms with Crippen molar-refractivity contribution in [2.45, 2.75) is 53.2 Å². The number of ether oxygens (including phenoxy) is 2. The van der Waals surface area contributed by atoms with Crippen LogP contribution in [0.1, 0.15) is 56.7 Å². The number of nitrogens with two attached hydrogens (primary N) is 1. The summed E-state index contributed by atoms with van der Waals surface area (Å²) in [5, 5.41) is 12.3. The molecule has 4 N–H and O–H groups in total. The zero-order valence-corrected chi connectivity index (χ0v) is 28.8. The Morgan fingerprint density at radius 1 is 0.980 bits per heavy atom.